The SMILES string of the molecule is Cc1ccccc1N1CCN(C(=O)c2cccc(CN3C(=O)COc4ccc(C(C)(C)C)cc43)c2)CC1. The zero-order valence-corrected chi connectivity index (χ0v) is 22.2. The van der Waals surface area contributed by atoms with Crippen molar-refractivity contribution in [2.75, 3.05) is 42.6 Å². The molecule has 1 saturated heterocycles. The van der Waals surface area contributed by atoms with E-state index in [1.165, 1.54) is 11.3 Å². The summed E-state index contributed by atoms with van der Waals surface area (Å²) in [7, 11) is 0. The van der Waals surface area contributed by atoms with Gasteiger partial charge in [0.05, 0.1) is 12.2 Å². The molecule has 6 heteroatoms. The van der Waals surface area contributed by atoms with Crippen molar-refractivity contribution < 1.29 is 14.3 Å². The number of rotatable bonds is 4. The molecule has 192 valence electrons. The molecule has 0 N–H and O–H groups in total. The number of anilines is 2. The molecule has 37 heavy (non-hydrogen) atoms. The molecule has 0 unspecified atom stereocenters. The fourth-order valence-electron chi connectivity index (χ4n) is 5.08. The lowest BCUT2D eigenvalue weighted by Gasteiger charge is -2.37. The average Bonchev–Trinajstić information content (AvgIpc) is 2.90. The second kappa shape index (κ2) is 9.92. The normalized spacial score (nSPS) is 15.9. The maximum Gasteiger partial charge on any atom is 0.265 e. The molecule has 0 spiro atoms. The van der Waals surface area contributed by atoms with E-state index < -0.39 is 0 Å². The Morgan fingerprint density at radius 3 is 2.38 bits per heavy atom. The number of amides is 2. The fourth-order valence-corrected chi connectivity index (χ4v) is 5.08. The smallest absolute Gasteiger partial charge is 0.265 e. The molecule has 5 rings (SSSR count). The Hall–Kier alpha value is -3.80. The van der Waals surface area contributed by atoms with Crippen molar-refractivity contribution in [2.45, 2.75) is 39.7 Å². The van der Waals surface area contributed by atoms with Gasteiger partial charge in [-0.2, -0.15) is 0 Å². The van der Waals surface area contributed by atoms with Crippen LogP contribution in [0.4, 0.5) is 11.4 Å². The minimum absolute atomic E-state index is 0.0195. The highest BCUT2D eigenvalue weighted by Crippen LogP contribution is 2.37. The summed E-state index contributed by atoms with van der Waals surface area (Å²) in [6.07, 6.45) is 0. The average molecular weight is 498 g/mol. The van der Waals surface area contributed by atoms with E-state index in [-0.39, 0.29) is 23.8 Å². The number of hydrogen-bond donors (Lipinski definition) is 0. The Morgan fingerprint density at radius 2 is 1.65 bits per heavy atom. The van der Waals surface area contributed by atoms with Crippen LogP contribution < -0.4 is 14.5 Å². The molecule has 2 aliphatic heterocycles. The molecule has 2 aliphatic rings. The third-order valence-corrected chi connectivity index (χ3v) is 7.31. The standard InChI is InChI=1S/C31H35N3O3/c1-22-8-5-6-11-26(22)32-14-16-33(17-15-32)30(36)24-10-7-9-23(18-24)20-34-27-19-25(31(2,3)4)12-13-28(27)37-21-29(34)35/h5-13,18-19H,14-17,20-21H2,1-4H3. The topological polar surface area (TPSA) is 53.1 Å². The van der Waals surface area contributed by atoms with Gasteiger partial charge in [-0.05, 0) is 59.4 Å². The summed E-state index contributed by atoms with van der Waals surface area (Å²) in [6, 6.07) is 22.1. The summed E-state index contributed by atoms with van der Waals surface area (Å²) >= 11 is 0. The molecule has 2 amide bonds. The van der Waals surface area contributed by atoms with Crippen molar-refractivity contribution in [2.24, 2.45) is 0 Å². The minimum Gasteiger partial charge on any atom is -0.482 e. The van der Waals surface area contributed by atoms with E-state index in [2.05, 4.69) is 69.0 Å². The number of ether oxygens (including phenoxy) is 1. The second-order valence-corrected chi connectivity index (χ2v) is 11.0. The third-order valence-electron chi connectivity index (χ3n) is 7.31. The predicted octanol–water partition coefficient (Wildman–Crippen LogP) is 5.18. The molecule has 1 fully saturated rings. The van der Waals surface area contributed by atoms with Crippen LogP contribution in [0.2, 0.25) is 0 Å². The van der Waals surface area contributed by atoms with E-state index in [9.17, 15) is 9.59 Å². The first-order valence-electron chi connectivity index (χ1n) is 13.0. The Labute approximate surface area is 219 Å². The van der Waals surface area contributed by atoms with Crippen molar-refractivity contribution >= 4 is 23.2 Å². The van der Waals surface area contributed by atoms with Crippen molar-refractivity contribution in [3.8, 4) is 5.75 Å². The van der Waals surface area contributed by atoms with Crippen molar-refractivity contribution in [1.82, 2.24) is 4.90 Å². The van der Waals surface area contributed by atoms with Crippen LogP contribution in [-0.4, -0.2) is 49.5 Å². The Morgan fingerprint density at radius 1 is 0.892 bits per heavy atom. The maximum atomic E-state index is 13.4. The molecule has 0 bridgehead atoms. The van der Waals surface area contributed by atoms with Crippen LogP contribution in [0.5, 0.6) is 5.75 Å². The number of para-hydroxylation sites is 1. The molecule has 0 radical (unpaired) electrons. The molecule has 0 saturated carbocycles. The molecule has 0 aromatic heterocycles. The first-order valence-corrected chi connectivity index (χ1v) is 13.0. The maximum absolute atomic E-state index is 13.4. The summed E-state index contributed by atoms with van der Waals surface area (Å²) < 4.78 is 5.70. The molecule has 3 aromatic rings. The van der Waals surface area contributed by atoms with Crippen LogP contribution in [0.25, 0.3) is 0 Å². The van der Waals surface area contributed by atoms with Gasteiger partial charge in [0, 0.05) is 37.4 Å². The summed E-state index contributed by atoms with van der Waals surface area (Å²) in [5.74, 6) is 0.670. The summed E-state index contributed by atoms with van der Waals surface area (Å²) in [4.78, 5) is 32.3. The molecule has 0 aliphatic carbocycles. The zero-order chi connectivity index (χ0) is 26.2. The van der Waals surface area contributed by atoms with Gasteiger partial charge >= 0.3 is 0 Å². The Bertz CT molecular complexity index is 1320. The van der Waals surface area contributed by atoms with Gasteiger partial charge < -0.3 is 19.4 Å². The molecule has 3 aromatic carbocycles. The van der Waals surface area contributed by atoms with E-state index in [0.717, 1.165) is 29.9 Å². The van der Waals surface area contributed by atoms with Crippen LogP contribution in [0, 0.1) is 6.92 Å². The van der Waals surface area contributed by atoms with Gasteiger partial charge in [0.15, 0.2) is 6.61 Å². The highest BCUT2D eigenvalue weighted by Gasteiger charge is 2.28. The highest BCUT2D eigenvalue weighted by molar-refractivity contribution is 5.98. The molecule has 2 heterocycles. The first-order chi connectivity index (χ1) is 17.7. The summed E-state index contributed by atoms with van der Waals surface area (Å²) in [5.41, 5.74) is 5.95. The predicted molar refractivity (Wildman–Crippen MR) is 148 cm³/mol. The molecular weight excluding hydrogens is 462 g/mol. The van der Waals surface area contributed by atoms with Crippen LogP contribution in [0.15, 0.2) is 66.7 Å². The monoisotopic (exact) mass is 497 g/mol. The van der Waals surface area contributed by atoms with Gasteiger partial charge in [-0.3, -0.25) is 9.59 Å². The van der Waals surface area contributed by atoms with Gasteiger partial charge in [0.1, 0.15) is 5.75 Å². The number of hydrogen-bond acceptors (Lipinski definition) is 4. The molecular formula is C31H35N3O3. The highest BCUT2D eigenvalue weighted by atomic mass is 16.5. The van der Waals surface area contributed by atoms with Crippen LogP contribution in [-0.2, 0) is 16.8 Å². The number of fused-ring (bicyclic) bond motifs is 1. The first kappa shape index (κ1) is 24.9. The van der Waals surface area contributed by atoms with Crippen molar-refractivity contribution in [3.63, 3.8) is 0 Å². The van der Waals surface area contributed by atoms with Crippen molar-refractivity contribution in [3.05, 3.63) is 89.0 Å². The van der Waals surface area contributed by atoms with Gasteiger partial charge in [0.2, 0.25) is 0 Å². The van der Waals surface area contributed by atoms with Crippen LogP contribution >= 0.6 is 0 Å². The number of benzene rings is 3. The lowest BCUT2D eigenvalue weighted by atomic mass is 9.86. The quantitative estimate of drug-likeness (QED) is 0.498. The number of nitrogens with zero attached hydrogens (tertiary/aromatic N) is 3. The van der Waals surface area contributed by atoms with Gasteiger partial charge in [-0.25, -0.2) is 0 Å². The van der Waals surface area contributed by atoms with Crippen LogP contribution in [0.3, 0.4) is 0 Å². The molecule has 6 nitrogen and oxygen atoms in total. The van der Waals surface area contributed by atoms with Crippen molar-refractivity contribution in [1.29, 1.82) is 0 Å². The molecule has 0 atom stereocenters. The number of piperazine rings is 1. The van der Waals surface area contributed by atoms with E-state index in [0.29, 0.717) is 30.9 Å². The van der Waals surface area contributed by atoms with E-state index in [1.807, 2.05) is 35.2 Å². The lowest BCUT2D eigenvalue weighted by Crippen LogP contribution is -2.49. The summed E-state index contributed by atoms with van der Waals surface area (Å²) in [5, 5.41) is 0. The Balaban J connectivity index is 1.31. The van der Waals surface area contributed by atoms with Gasteiger partial charge in [-0.1, -0.05) is 57.2 Å². The number of aryl methyl sites for hydroxylation is 1. The summed E-state index contributed by atoms with van der Waals surface area (Å²) in [6.45, 7) is 12.0. The zero-order valence-electron chi connectivity index (χ0n) is 22.2. The third kappa shape index (κ3) is 5.19. The fraction of sp³-hybridized carbons (Fsp3) is 0.355. The largest absolute Gasteiger partial charge is 0.482 e. The van der Waals surface area contributed by atoms with Crippen LogP contribution in [0.1, 0.15) is 47.8 Å². The number of carbonyl (C=O) groups is 2. The van der Waals surface area contributed by atoms with Gasteiger partial charge in [-0.15, -0.1) is 0 Å². The minimum atomic E-state index is -0.0809. The number of carbonyl (C=O) groups excluding carboxylic acids is 2. The van der Waals surface area contributed by atoms with E-state index in [1.54, 1.807) is 4.90 Å². The second-order valence-electron chi connectivity index (χ2n) is 11.0. The van der Waals surface area contributed by atoms with E-state index in [4.69, 9.17) is 4.74 Å². The Kier molecular flexibility index (Phi) is 6.67. The van der Waals surface area contributed by atoms with Gasteiger partial charge in [0.25, 0.3) is 11.8 Å². The lowest BCUT2D eigenvalue weighted by molar-refractivity contribution is -0.121. The van der Waals surface area contributed by atoms with E-state index >= 15 is 0 Å².